The molecule has 0 saturated heterocycles. The molecule has 0 radical (unpaired) electrons. The van der Waals surface area contributed by atoms with Gasteiger partial charge < -0.3 is 5.32 Å². The molecule has 0 atom stereocenters. The summed E-state index contributed by atoms with van der Waals surface area (Å²) in [4.78, 5) is 14.4. The summed E-state index contributed by atoms with van der Waals surface area (Å²) in [5.41, 5.74) is 0. The summed E-state index contributed by atoms with van der Waals surface area (Å²) in [6.07, 6.45) is -2.78. The van der Waals surface area contributed by atoms with Gasteiger partial charge in [0.05, 0.1) is 0 Å². The number of carbonyl (C=O) groups excluding carboxylic acids is 1. The Morgan fingerprint density at radius 3 is 2.62 bits per heavy atom. The maximum absolute atomic E-state index is 11.9. The number of hydrogen-bond acceptors (Lipinski definition) is 3. The highest BCUT2D eigenvalue weighted by atomic mass is 35.5. The number of rotatable bonds is 3. The molecule has 0 unspecified atom stereocenters. The molecule has 0 saturated carbocycles. The van der Waals surface area contributed by atoms with Gasteiger partial charge in [-0.2, -0.15) is 13.2 Å². The third kappa shape index (κ3) is 3.54. The molecule has 16 heavy (non-hydrogen) atoms. The van der Waals surface area contributed by atoms with Crippen LogP contribution in [-0.2, 0) is 4.79 Å². The van der Waals surface area contributed by atoms with Gasteiger partial charge in [0.15, 0.2) is 0 Å². The predicted molar refractivity (Wildman–Crippen MR) is 52.9 cm³/mol. The van der Waals surface area contributed by atoms with Gasteiger partial charge in [-0.15, -0.1) is 0 Å². The zero-order valence-corrected chi connectivity index (χ0v) is 8.51. The lowest BCUT2D eigenvalue weighted by atomic mass is 10.3. The zero-order chi connectivity index (χ0) is 12.2. The van der Waals surface area contributed by atoms with Crippen LogP contribution in [0.25, 0.3) is 0 Å². The molecule has 0 spiro atoms. The van der Waals surface area contributed by atoms with E-state index >= 15 is 0 Å². The molecular formula is C9H6ClF3N2O. The summed E-state index contributed by atoms with van der Waals surface area (Å²) in [6, 6.07) is 4.78. The van der Waals surface area contributed by atoms with Crippen molar-refractivity contribution < 1.29 is 18.0 Å². The summed E-state index contributed by atoms with van der Waals surface area (Å²) in [5.74, 6) is -1.81. The number of pyridine rings is 1. The highest BCUT2D eigenvalue weighted by molar-refractivity contribution is 6.43. The molecule has 0 bridgehead atoms. The molecule has 1 rings (SSSR count). The average molecular weight is 251 g/mol. The Hall–Kier alpha value is -1.56. The average Bonchev–Trinajstić information content (AvgIpc) is 2.25. The van der Waals surface area contributed by atoms with Gasteiger partial charge in [-0.05, 0) is 12.1 Å². The van der Waals surface area contributed by atoms with Crippen LogP contribution in [0.2, 0.25) is 0 Å². The lowest BCUT2D eigenvalue weighted by Gasteiger charge is -2.04. The number of ketones is 1. The van der Waals surface area contributed by atoms with E-state index in [0.29, 0.717) is 0 Å². The molecule has 0 aliphatic carbocycles. The number of aromatic nitrogens is 1. The molecule has 1 N–H and O–H groups in total. The lowest BCUT2D eigenvalue weighted by Crippen LogP contribution is -2.23. The maximum atomic E-state index is 11.9. The van der Waals surface area contributed by atoms with Crippen LogP contribution in [0.5, 0.6) is 0 Å². The van der Waals surface area contributed by atoms with E-state index in [9.17, 15) is 18.0 Å². The van der Waals surface area contributed by atoms with Gasteiger partial charge in [0.2, 0.25) is 0 Å². The van der Waals surface area contributed by atoms with Crippen molar-refractivity contribution in [3.05, 3.63) is 35.6 Å². The Labute approximate surface area is 93.9 Å². The predicted octanol–water partition coefficient (Wildman–Crippen LogP) is 2.71. The smallest absolute Gasteiger partial charge is 0.345 e. The number of Topliss-reactive ketones (excluding diaryl/α,β-unsaturated/α-hetero) is 1. The van der Waals surface area contributed by atoms with E-state index in [1.165, 1.54) is 12.3 Å². The van der Waals surface area contributed by atoms with E-state index in [1.807, 2.05) is 0 Å². The molecule has 0 amide bonds. The number of carbonyl (C=O) groups is 1. The summed E-state index contributed by atoms with van der Waals surface area (Å²) in [6.45, 7) is 0. The van der Waals surface area contributed by atoms with Crippen LogP contribution in [0.15, 0.2) is 35.6 Å². The van der Waals surface area contributed by atoms with Gasteiger partial charge in [-0.3, -0.25) is 4.79 Å². The van der Waals surface area contributed by atoms with Crippen LogP contribution in [0.1, 0.15) is 0 Å². The van der Waals surface area contributed by atoms with Crippen LogP contribution in [0.3, 0.4) is 0 Å². The van der Waals surface area contributed by atoms with Crippen molar-refractivity contribution in [2.24, 2.45) is 0 Å². The van der Waals surface area contributed by atoms with Gasteiger partial charge in [-0.1, -0.05) is 17.7 Å². The molecule has 0 aliphatic rings. The fourth-order valence-electron chi connectivity index (χ4n) is 0.786. The van der Waals surface area contributed by atoms with E-state index in [0.717, 1.165) is 6.20 Å². The summed E-state index contributed by atoms with van der Waals surface area (Å²) >= 11 is 5.17. The maximum Gasteiger partial charge on any atom is 0.455 e. The highest BCUT2D eigenvalue weighted by Crippen LogP contribution is 2.22. The van der Waals surface area contributed by atoms with Crippen molar-refractivity contribution in [1.82, 2.24) is 4.98 Å². The normalized spacial score (nSPS) is 12.4. The molecule has 86 valence electrons. The topological polar surface area (TPSA) is 42.0 Å². The first-order valence-corrected chi connectivity index (χ1v) is 4.44. The van der Waals surface area contributed by atoms with Crippen molar-refractivity contribution in [3.63, 3.8) is 0 Å². The third-order valence-electron chi connectivity index (χ3n) is 1.49. The molecule has 0 aliphatic heterocycles. The van der Waals surface area contributed by atoms with Crippen LogP contribution >= 0.6 is 11.6 Å². The summed E-state index contributed by atoms with van der Waals surface area (Å²) < 4.78 is 35.7. The van der Waals surface area contributed by atoms with Crippen LogP contribution in [0, 0.1) is 0 Å². The van der Waals surface area contributed by atoms with Crippen molar-refractivity contribution in [1.29, 1.82) is 0 Å². The summed E-state index contributed by atoms with van der Waals surface area (Å²) in [5, 5.41) is 1.43. The number of halogens is 4. The molecular weight excluding hydrogens is 245 g/mol. The van der Waals surface area contributed by atoms with Crippen molar-refractivity contribution in [3.8, 4) is 0 Å². The fraction of sp³-hybridized carbons (Fsp3) is 0.111. The van der Waals surface area contributed by atoms with Crippen LogP contribution in [0.4, 0.5) is 19.0 Å². The minimum atomic E-state index is -4.97. The van der Waals surface area contributed by atoms with Gasteiger partial charge in [0.1, 0.15) is 10.9 Å². The molecule has 7 heteroatoms. The van der Waals surface area contributed by atoms with E-state index < -0.39 is 17.0 Å². The first-order valence-electron chi connectivity index (χ1n) is 4.06. The van der Waals surface area contributed by atoms with Gasteiger partial charge in [0.25, 0.3) is 5.78 Å². The van der Waals surface area contributed by atoms with Crippen molar-refractivity contribution >= 4 is 23.2 Å². The number of allylic oxidation sites excluding steroid dienone is 1. The van der Waals surface area contributed by atoms with Crippen molar-refractivity contribution in [2.45, 2.75) is 6.18 Å². The molecule has 1 heterocycles. The minimum Gasteiger partial charge on any atom is -0.345 e. The first kappa shape index (κ1) is 12.5. The number of nitrogens with one attached hydrogen (secondary N) is 1. The first-order chi connectivity index (χ1) is 7.41. The van der Waals surface area contributed by atoms with E-state index in [-0.39, 0.29) is 5.82 Å². The quantitative estimate of drug-likeness (QED) is 0.839. The molecule has 0 fully saturated rings. The zero-order valence-electron chi connectivity index (χ0n) is 7.75. The van der Waals surface area contributed by atoms with Gasteiger partial charge in [0, 0.05) is 12.4 Å². The number of anilines is 1. The molecule has 0 aromatic carbocycles. The number of nitrogens with zero attached hydrogens (tertiary/aromatic N) is 1. The third-order valence-corrected chi connectivity index (χ3v) is 1.77. The monoisotopic (exact) mass is 250 g/mol. The highest BCUT2D eigenvalue weighted by Gasteiger charge is 2.40. The van der Waals surface area contributed by atoms with Crippen molar-refractivity contribution in [2.75, 3.05) is 5.32 Å². The molecule has 1 aromatic rings. The Morgan fingerprint density at radius 2 is 2.12 bits per heavy atom. The standard InChI is InChI=1S/C9H6ClF3N2O/c10-6(8(16)9(11,12)13)5-15-7-3-1-2-4-14-7/h1-5H,(H,14,15)/b6-5+. The Morgan fingerprint density at radius 1 is 1.44 bits per heavy atom. The minimum absolute atomic E-state index is 0.288. The van der Waals surface area contributed by atoms with Crippen LogP contribution in [-0.4, -0.2) is 16.9 Å². The second-order valence-corrected chi connectivity index (χ2v) is 3.09. The number of hydrogen-bond donors (Lipinski definition) is 1. The Bertz CT molecular complexity index is 403. The Kier molecular flexibility index (Phi) is 3.89. The van der Waals surface area contributed by atoms with E-state index in [4.69, 9.17) is 11.6 Å². The molecule has 1 aromatic heterocycles. The second-order valence-electron chi connectivity index (χ2n) is 2.68. The molecule has 3 nitrogen and oxygen atoms in total. The number of alkyl halides is 3. The van der Waals surface area contributed by atoms with E-state index in [2.05, 4.69) is 10.3 Å². The van der Waals surface area contributed by atoms with Gasteiger partial charge >= 0.3 is 6.18 Å². The largest absolute Gasteiger partial charge is 0.455 e. The summed E-state index contributed by atoms with van der Waals surface area (Å²) in [7, 11) is 0. The fourth-order valence-corrected chi connectivity index (χ4v) is 0.948. The lowest BCUT2D eigenvalue weighted by molar-refractivity contribution is -0.165. The van der Waals surface area contributed by atoms with E-state index in [1.54, 1.807) is 12.1 Å². The SMILES string of the molecule is O=C(/C(Cl)=C\Nc1ccccn1)C(F)(F)F. The van der Waals surface area contributed by atoms with Gasteiger partial charge in [-0.25, -0.2) is 4.98 Å². The Balaban J connectivity index is 2.69. The van der Waals surface area contributed by atoms with Crippen LogP contribution < -0.4 is 5.32 Å². The second kappa shape index (κ2) is 4.98.